The summed E-state index contributed by atoms with van der Waals surface area (Å²) in [5.41, 5.74) is 1.49. The Morgan fingerprint density at radius 2 is 1.75 bits per heavy atom. The summed E-state index contributed by atoms with van der Waals surface area (Å²) >= 11 is 0. The number of nitrogens with zero attached hydrogens (tertiary/aromatic N) is 3. The van der Waals surface area contributed by atoms with E-state index in [4.69, 9.17) is 0 Å². The molecule has 3 aromatic rings. The van der Waals surface area contributed by atoms with Crippen LogP contribution in [0.5, 0.6) is 0 Å². The van der Waals surface area contributed by atoms with Gasteiger partial charge >= 0.3 is 6.18 Å². The van der Waals surface area contributed by atoms with E-state index in [2.05, 4.69) is 10.3 Å². The molecule has 1 heterocycles. The number of hydrogen-bond acceptors (Lipinski definition) is 3. The van der Waals surface area contributed by atoms with Crippen LogP contribution in [0.4, 0.5) is 13.2 Å². The van der Waals surface area contributed by atoms with Crippen molar-refractivity contribution < 1.29 is 18.0 Å². The number of rotatable bonds is 6. The summed E-state index contributed by atoms with van der Waals surface area (Å²) in [7, 11) is 3.77. The Balaban J connectivity index is 1.78. The molecular weight excluding hydrogens is 369 g/mol. The summed E-state index contributed by atoms with van der Waals surface area (Å²) < 4.78 is 41.0. The van der Waals surface area contributed by atoms with Gasteiger partial charge in [-0.25, -0.2) is 4.98 Å². The second-order valence-electron chi connectivity index (χ2n) is 6.70. The maximum Gasteiger partial charge on any atom is 0.449 e. The van der Waals surface area contributed by atoms with Crippen LogP contribution >= 0.6 is 0 Å². The summed E-state index contributed by atoms with van der Waals surface area (Å²) in [6.07, 6.45) is -4.64. The zero-order valence-corrected chi connectivity index (χ0v) is 15.6. The third-order valence-electron chi connectivity index (χ3n) is 4.51. The van der Waals surface area contributed by atoms with E-state index in [0.29, 0.717) is 0 Å². The third kappa shape index (κ3) is 4.33. The SMILES string of the molecule is CN(C)[C@H](CNC(=O)Cn1c(C(F)(F)F)nc2ccccc21)c1ccccc1. The molecule has 2 aromatic carbocycles. The van der Waals surface area contributed by atoms with Crippen molar-refractivity contribution >= 4 is 16.9 Å². The van der Waals surface area contributed by atoms with Gasteiger partial charge in [0.2, 0.25) is 11.7 Å². The number of para-hydroxylation sites is 2. The molecule has 0 spiro atoms. The lowest BCUT2D eigenvalue weighted by Gasteiger charge is -2.25. The number of benzene rings is 2. The van der Waals surface area contributed by atoms with Gasteiger partial charge in [-0.15, -0.1) is 0 Å². The highest BCUT2D eigenvalue weighted by atomic mass is 19.4. The molecule has 0 aliphatic heterocycles. The average molecular weight is 390 g/mol. The van der Waals surface area contributed by atoms with Crippen LogP contribution in [-0.4, -0.2) is 41.0 Å². The second-order valence-corrected chi connectivity index (χ2v) is 6.70. The number of aromatic nitrogens is 2. The highest BCUT2D eigenvalue weighted by Gasteiger charge is 2.38. The maximum absolute atomic E-state index is 13.4. The topological polar surface area (TPSA) is 50.2 Å². The number of imidazole rings is 1. The second kappa shape index (κ2) is 8.02. The molecule has 1 N–H and O–H groups in total. The molecule has 28 heavy (non-hydrogen) atoms. The van der Waals surface area contributed by atoms with Gasteiger partial charge in [0.15, 0.2) is 0 Å². The Bertz CT molecular complexity index is 951. The summed E-state index contributed by atoms with van der Waals surface area (Å²) in [4.78, 5) is 18.1. The van der Waals surface area contributed by atoms with Gasteiger partial charge < -0.3 is 14.8 Å². The van der Waals surface area contributed by atoms with Gasteiger partial charge in [-0.1, -0.05) is 42.5 Å². The zero-order valence-electron chi connectivity index (χ0n) is 15.6. The van der Waals surface area contributed by atoms with E-state index in [1.807, 2.05) is 49.3 Å². The van der Waals surface area contributed by atoms with E-state index in [9.17, 15) is 18.0 Å². The fraction of sp³-hybridized carbons (Fsp3) is 0.300. The van der Waals surface area contributed by atoms with Gasteiger partial charge in [0.25, 0.3) is 0 Å². The maximum atomic E-state index is 13.4. The first-order valence-corrected chi connectivity index (χ1v) is 8.78. The molecule has 0 aliphatic rings. The van der Waals surface area contributed by atoms with Crippen LogP contribution in [0.15, 0.2) is 54.6 Å². The van der Waals surface area contributed by atoms with Crippen LogP contribution < -0.4 is 5.32 Å². The Morgan fingerprint density at radius 1 is 1.11 bits per heavy atom. The van der Waals surface area contributed by atoms with Crippen molar-refractivity contribution in [2.75, 3.05) is 20.6 Å². The Morgan fingerprint density at radius 3 is 2.39 bits per heavy atom. The molecule has 0 bridgehead atoms. The number of amides is 1. The van der Waals surface area contributed by atoms with Crippen LogP contribution in [0.3, 0.4) is 0 Å². The Hall–Kier alpha value is -2.87. The van der Waals surface area contributed by atoms with Crippen LogP contribution in [0.2, 0.25) is 0 Å². The molecule has 148 valence electrons. The highest BCUT2D eigenvalue weighted by Crippen LogP contribution is 2.31. The average Bonchev–Trinajstić information content (AvgIpc) is 3.01. The number of hydrogen-bond donors (Lipinski definition) is 1. The molecule has 0 fully saturated rings. The lowest BCUT2D eigenvalue weighted by atomic mass is 10.1. The molecule has 0 radical (unpaired) electrons. The first kappa shape index (κ1) is 19.9. The lowest BCUT2D eigenvalue weighted by Crippen LogP contribution is -2.36. The van der Waals surface area contributed by atoms with E-state index in [-0.39, 0.29) is 23.6 Å². The minimum Gasteiger partial charge on any atom is -0.353 e. The minimum atomic E-state index is -4.64. The number of nitrogens with one attached hydrogen (secondary N) is 1. The Kier molecular flexibility index (Phi) is 5.69. The van der Waals surface area contributed by atoms with Gasteiger partial charge in [-0.3, -0.25) is 4.79 Å². The molecule has 0 saturated carbocycles. The lowest BCUT2D eigenvalue weighted by molar-refractivity contribution is -0.147. The molecule has 0 unspecified atom stereocenters. The van der Waals surface area contributed by atoms with Crippen molar-refractivity contribution in [1.82, 2.24) is 19.8 Å². The Labute approximate surface area is 160 Å². The van der Waals surface area contributed by atoms with Crippen LogP contribution in [0.1, 0.15) is 17.4 Å². The van der Waals surface area contributed by atoms with E-state index >= 15 is 0 Å². The van der Waals surface area contributed by atoms with Gasteiger partial charge in [0.1, 0.15) is 6.54 Å². The van der Waals surface area contributed by atoms with Crippen molar-refractivity contribution in [1.29, 1.82) is 0 Å². The number of alkyl halides is 3. The predicted molar refractivity (Wildman–Crippen MR) is 101 cm³/mol. The minimum absolute atomic E-state index is 0.0910. The van der Waals surface area contributed by atoms with Crippen LogP contribution in [0.25, 0.3) is 11.0 Å². The van der Waals surface area contributed by atoms with Gasteiger partial charge in [0.05, 0.1) is 17.1 Å². The smallest absolute Gasteiger partial charge is 0.353 e. The fourth-order valence-corrected chi connectivity index (χ4v) is 3.14. The molecule has 5 nitrogen and oxygen atoms in total. The summed E-state index contributed by atoms with van der Waals surface area (Å²) in [5, 5.41) is 2.75. The zero-order chi connectivity index (χ0) is 20.3. The normalized spacial score (nSPS) is 13.1. The van der Waals surface area contributed by atoms with E-state index < -0.39 is 24.5 Å². The van der Waals surface area contributed by atoms with Crippen molar-refractivity contribution in [2.45, 2.75) is 18.8 Å². The van der Waals surface area contributed by atoms with Gasteiger partial charge in [-0.2, -0.15) is 13.2 Å². The predicted octanol–water partition coefficient (Wildman–Crippen LogP) is 3.47. The van der Waals surface area contributed by atoms with E-state index in [1.54, 1.807) is 12.1 Å². The van der Waals surface area contributed by atoms with E-state index in [1.165, 1.54) is 12.1 Å². The number of likely N-dealkylation sites (N-methyl/N-ethyl adjacent to an activating group) is 1. The standard InChI is InChI=1S/C20H21F3N4O/c1-26(2)17(14-8-4-3-5-9-14)12-24-18(28)13-27-16-11-7-6-10-15(16)25-19(27)20(21,22)23/h3-11,17H,12-13H2,1-2H3,(H,24,28)/t17-/m1/s1. The summed E-state index contributed by atoms with van der Waals surface area (Å²) in [5.74, 6) is -1.58. The van der Waals surface area contributed by atoms with Crippen LogP contribution in [0, 0.1) is 0 Å². The van der Waals surface area contributed by atoms with Crippen molar-refractivity contribution in [3.63, 3.8) is 0 Å². The monoisotopic (exact) mass is 390 g/mol. The highest BCUT2D eigenvalue weighted by molar-refractivity contribution is 5.81. The number of halogens is 3. The number of fused-ring (bicyclic) bond motifs is 1. The van der Waals surface area contributed by atoms with Crippen molar-refractivity contribution in [2.24, 2.45) is 0 Å². The molecule has 1 atom stereocenters. The molecule has 0 saturated heterocycles. The first-order chi connectivity index (χ1) is 13.3. The molecule has 1 amide bonds. The molecule has 8 heteroatoms. The molecule has 1 aromatic heterocycles. The third-order valence-corrected chi connectivity index (χ3v) is 4.51. The fourth-order valence-electron chi connectivity index (χ4n) is 3.14. The molecule has 0 aliphatic carbocycles. The van der Waals surface area contributed by atoms with Crippen LogP contribution in [-0.2, 0) is 17.5 Å². The van der Waals surface area contributed by atoms with Gasteiger partial charge in [-0.05, 0) is 31.8 Å². The largest absolute Gasteiger partial charge is 0.449 e. The van der Waals surface area contributed by atoms with E-state index in [0.717, 1.165) is 10.1 Å². The number of carbonyl (C=O) groups is 1. The quantitative estimate of drug-likeness (QED) is 0.701. The molecule has 3 rings (SSSR count). The van der Waals surface area contributed by atoms with Crippen molar-refractivity contribution in [3.05, 3.63) is 66.0 Å². The van der Waals surface area contributed by atoms with Gasteiger partial charge in [0, 0.05) is 6.54 Å². The number of carbonyl (C=O) groups excluding carboxylic acids is 1. The van der Waals surface area contributed by atoms with Crippen molar-refractivity contribution in [3.8, 4) is 0 Å². The summed E-state index contributed by atoms with van der Waals surface area (Å²) in [6.45, 7) is -0.172. The first-order valence-electron chi connectivity index (χ1n) is 8.78. The molecular formula is C20H21F3N4O. The summed E-state index contributed by atoms with van der Waals surface area (Å²) in [6, 6.07) is 15.8.